The fraction of sp³-hybridized carbons (Fsp3) is 0.182. The molecule has 0 amide bonds. The van der Waals surface area contributed by atoms with E-state index < -0.39 is 0 Å². The van der Waals surface area contributed by atoms with Crippen LogP contribution in [0, 0.1) is 0 Å². The quantitative estimate of drug-likeness (QED) is 0.694. The molecule has 1 aromatic carbocycles. The number of benzene rings is 1. The fourth-order valence-electron chi connectivity index (χ4n) is 1.51. The molecule has 78 valence electrons. The van der Waals surface area contributed by atoms with Crippen LogP contribution in [0.15, 0.2) is 35.1 Å². The molecule has 1 aromatic heterocycles. The van der Waals surface area contributed by atoms with Crippen molar-refractivity contribution in [3.63, 3.8) is 0 Å². The zero-order valence-electron chi connectivity index (χ0n) is 8.29. The highest BCUT2D eigenvalue weighted by molar-refractivity contribution is 5.83. The van der Waals surface area contributed by atoms with Crippen molar-refractivity contribution in [3.05, 3.63) is 40.7 Å². The van der Waals surface area contributed by atoms with Gasteiger partial charge in [0.2, 0.25) is 0 Å². The van der Waals surface area contributed by atoms with E-state index in [0.29, 0.717) is 24.3 Å². The molecule has 1 heterocycles. The third kappa shape index (κ3) is 1.99. The Hall–Kier alpha value is -1.81. The lowest BCUT2D eigenvalue weighted by atomic mass is 10.2. The van der Waals surface area contributed by atoms with E-state index in [4.69, 9.17) is 5.73 Å². The third-order valence-corrected chi connectivity index (χ3v) is 2.21. The normalized spacial score (nSPS) is 10.5. The van der Waals surface area contributed by atoms with Crippen molar-refractivity contribution < 1.29 is 0 Å². The number of nitrogens with two attached hydrogens (primary N) is 1. The molecule has 2 aromatic rings. The van der Waals surface area contributed by atoms with Crippen LogP contribution in [0.3, 0.4) is 0 Å². The van der Waals surface area contributed by atoms with Gasteiger partial charge in [0.05, 0.1) is 0 Å². The minimum atomic E-state index is -0.0763. The minimum absolute atomic E-state index is 0.0763. The molecule has 4 nitrogen and oxygen atoms in total. The SMILES string of the molecule is NCCNc1cc2ccccc2c(=O)[nH]1. The number of fused-ring (bicyclic) bond motifs is 1. The van der Waals surface area contributed by atoms with E-state index in [1.54, 1.807) is 6.07 Å². The molecule has 15 heavy (non-hydrogen) atoms. The summed E-state index contributed by atoms with van der Waals surface area (Å²) in [4.78, 5) is 14.4. The van der Waals surface area contributed by atoms with Gasteiger partial charge < -0.3 is 16.0 Å². The van der Waals surface area contributed by atoms with Gasteiger partial charge in [-0.15, -0.1) is 0 Å². The van der Waals surface area contributed by atoms with Gasteiger partial charge in [0, 0.05) is 18.5 Å². The largest absolute Gasteiger partial charge is 0.370 e. The summed E-state index contributed by atoms with van der Waals surface area (Å²) in [6, 6.07) is 9.39. The van der Waals surface area contributed by atoms with Crippen molar-refractivity contribution in [1.82, 2.24) is 4.98 Å². The van der Waals surface area contributed by atoms with Gasteiger partial charge in [-0.2, -0.15) is 0 Å². The average Bonchev–Trinajstić information content (AvgIpc) is 2.26. The van der Waals surface area contributed by atoms with E-state index in [9.17, 15) is 4.79 Å². The van der Waals surface area contributed by atoms with Crippen LogP contribution in [0.25, 0.3) is 10.8 Å². The average molecular weight is 203 g/mol. The topological polar surface area (TPSA) is 70.9 Å². The number of nitrogens with one attached hydrogen (secondary N) is 2. The van der Waals surface area contributed by atoms with Crippen LogP contribution in [0.5, 0.6) is 0 Å². The van der Waals surface area contributed by atoms with Gasteiger partial charge in [0.1, 0.15) is 5.82 Å². The van der Waals surface area contributed by atoms with E-state index >= 15 is 0 Å². The molecule has 0 aliphatic heterocycles. The lowest BCUT2D eigenvalue weighted by molar-refractivity contribution is 1.01. The van der Waals surface area contributed by atoms with E-state index in [-0.39, 0.29) is 5.56 Å². The molecule has 4 N–H and O–H groups in total. The van der Waals surface area contributed by atoms with Gasteiger partial charge in [0.15, 0.2) is 0 Å². The maximum absolute atomic E-state index is 11.6. The summed E-state index contributed by atoms with van der Waals surface area (Å²) in [6.45, 7) is 1.18. The van der Waals surface area contributed by atoms with Crippen LogP contribution in [0.4, 0.5) is 5.82 Å². The second-order valence-corrected chi connectivity index (χ2v) is 3.31. The Morgan fingerprint density at radius 3 is 2.93 bits per heavy atom. The van der Waals surface area contributed by atoms with Gasteiger partial charge in [-0.3, -0.25) is 4.79 Å². The zero-order valence-corrected chi connectivity index (χ0v) is 8.29. The van der Waals surface area contributed by atoms with Crippen molar-refractivity contribution in [2.75, 3.05) is 18.4 Å². The predicted molar refractivity (Wildman–Crippen MR) is 62.1 cm³/mol. The van der Waals surface area contributed by atoms with E-state index in [0.717, 1.165) is 5.39 Å². The Morgan fingerprint density at radius 2 is 2.13 bits per heavy atom. The highest BCUT2D eigenvalue weighted by atomic mass is 16.1. The highest BCUT2D eigenvalue weighted by Gasteiger charge is 1.99. The molecular formula is C11H13N3O. The summed E-state index contributed by atoms with van der Waals surface area (Å²) in [6.07, 6.45) is 0. The second-order valence-electron chi connectivity index (χ2n) is 3.31. The minimum Gasteiger partial charge on any atom is -0.370 e. The Balaban J connectivity index is 2.48. The number of hydrogen-bond donors (Lipinski definition) is 3. The van der Waals surface area contributed by atoms with Gasteiger partial charge in [-0.1, -0.05) is 18.2 Å². The Kier molecular flexibility index (Phi) is 2.69. The summed E-state index contributed by atoms with van der Waals surface area (Å²) < 4.78 is 0. The summed E-state index contributed by atoms with van der Waals surface area (Å²) in [5.41, 5.74) is 5.30. The number of rotatable bonds is 3. The first kappa shape index (κ1) is 9.73. The molecule has 0 atom stereocenters. The molecule has 0 aliphatic carbocycles. The Bertz CT molecular complexity index is 518. The fourth-order valence-corrected chi connectivity index (χ4v) is 1.51. The maximum atomic E-state index is 11.6. The summed E-state index contributed by atoms with van der Waals surface area (Å²) in [5.74, 6) is 0.712. The summed E-state index contributed by atoms with van der Waals surface area (Å²) in [7, 11) is 0. The molecule has 0 saturated carbocycles. The lowest BCUT2D eigenvalue weighted by Crippen LogP contribution is -2.16. The summed E-state index contributed by atoms with van der Waals surface area (Å²) >= 11 is 0. The second kappa shape index (κ2) is 4.14. The monoisotopic (exact) mass is 203 g/mol. The van der Waals surface area contributed by atoms with Gasteiger partial charge >= 0.3 is 0 Å². The van der Waals surface area contributed by atoms with Crippen LogP contribution in [-0.2, 0) is 0 Å². The molecule has 0 radical (unpaired) electrons. The van der Waals surface area contributed by atoms with E-state index in [1.807, 2.05) is 24.3 Å². The first-order chi connectivity index (χ1) is 7.31. The molecule has 0 fully saturated rings. The number of aromatic amines is 1. The highest BCUT2D eigenvalue weighted by Crippen LogP contribution is 2.11. The number of H-pyrrole nitrogens is 1. The molecule has 0 saturated heterocycles. The molecule has 4 heteroatoms. The van der Waals surface area contributed by atoms with Crippen LogP contribution in [0.2, 0.25) is 0 Å². The number of anilines is 1. The number of pyridine rings is 1. The van der Waals surface area contributed by atoms with Crippen molar-refractivity contribution in [2.45, 2.75) is 0 Å². The molecule has 0 bridgehead atoms. The third-order valence-electron chi connectivity index (χ3n) is 2.21. The Morgan fingerprint density at radius 1 is 1.33 bits per heavy atom. The molecule has 0 spiro atoms. The van der Waals surface area contributed by atoms with Gasteiger partial charge in [0.25, 0.3) is 5.56 Å². The lowest BCUT2D eigenvalue weighted by Gasteiger charge is -2.05. The molecular weight excluding hydrogens is 190 g/mol. The zero-order chi connectivity index (χ0) is 10.7. The van der Waals surface area contributed by atoms with Crippen molar-refractivity contribution in [2.24, 2.45) is 5.73 Å². The molecule has 2 rings (SSSR count). The van der Waals surface area contributed by atoms with Crippen molar-refractivity contribution in [1.29, 1.82) is 0 Å². The maximum Gasteiger partial charge on any atom is 0.257 e. The first-order valence-electron chi connectivity index (χ1n) is 4.87. The van der Waals surface area contributed by atoms with Crippen LogP contribution in [-0.4, -0.2) is 18.1 Å². The smallest absolute Gasteiger partial charge is 0.257 e. The number of aromatic nitrogens is 1. The van der Waals surface area contributed by atoms with E-state index in [2.05, 4.69) is 10.3 Å². The summed E-state index contributed by atoms with van der Waals surface area (Å²) in [5, 5.41) is 4.68. The predicted octanol–water partition coefficient (Wildman–Crippen LogP) is 0.899. The first-order valence-corrected chi connectivity index (χ1v) is 4.87. The van der Waals surface area contributed by atoms with Gasteiger partial charge in [-0.25, -0.2) is 0 Å². The van der Waals surface area contributed by atoms with Crippen molar-refractivity contribution >= 4 is 16.6 Å². The van der Waals surface area contributed by atoms with Crippen molar-refractivity contribution in [3.8, 4) is 0 Å². The molecule has 0 unspecified atom stereocenters. The van der Waals surface area contributed by atoms with Crippen LogP contribution < -0.4 is 16.6 Å². The van der Waals surface area contributed by atoms with Crippen LogP contribution >= 0.6 is 0 Å². The number of hydrogen-bond acceptors (Lipinski definition) is 3. The van der Waals surface area contributed by atoms with Gasteiger partial charge in [-0.05, 0) is 17.5 Å². The standard InChI is InChI=1S/C11H13N3O/c12-5-6-13-10-7-8-3-1-2-4-9(8)11(15)14-10/h1-4,7H,5-6,12H2,(H2,13,14,15). The van der Waals surface area contributed by atoms with Crippen LogP contribution in [0.1, 0.15) is 0 Å². The molecule has 0 aliphatic rings. The van der Waals surface area contributed by atoms with E-state index in [1.165, 1.54) is 0 Å². The Labute approximate surface area is 87.1 Å².